The average Bonchev–Trinajstić information content (AvgIpc) is 2.76. The molecular weight excluding hydrogens is 368 g/mol. The van der Waals surface area contributed by atoms with Gasteiger partial charge in [-0.25, -0.2) is 9.97 Å². The van der Waals surface area contributed by atoms with Gasteiger partial charge in [0, 0.05) is 36.6 Å². The lowest BCUT2D eigenvalue weighted by atomic mass is 9.96. The number of nitrogens with zero attached hydrogens (tertiary/aromatic N) is 3. The fourth-order valence-corrected chi connectivity index (χ4v) is 4.09. The first-order chi connectivity index (χ1) is 14.1. The smallest absolute Gasteiger partial charge is 0.257 e. The fourth-order valence-electron chi connectivity index (χ4n) is 4.09. The van der Waals surface area contributed by atoms with Crippen molar-refractivity contribution in [2.45, 2.75) is 32.7 Å². The molecule has 2 atom stereocenters. The molecule has 1 fully saturated rings. The molecule has 1 unspecified atom stereocenters. The molecule has 29 heavy (non-hydrogen) atoms. The van der Waals surface area contributed by atoms with Crippen molar-refractivity contribution in [1.82, 2.24) is 14.9 Å². The van der Waals surface area contributed by atoms with Gasteiger partial charge in [-0.3, -0.25) is 4.90 Å². The Morgan fingerprint density at radius 2 is 2.10 bits per heavy atom. The molecule has 0 amide bonds. The number of fused-ring (bicyclic) bond motifs is 1. The molecule has 4 rings (SSSR count). The van der Waals surface area contributed by atoms with Crippen molar-refractivity contribution in [3.8, 4) is 17.5 Å². The van der Waals surface area contributed by atoms with Crippen LogP contribution in [0.1, 0.15) is 37.2 Å². The highest BCUT2D eigenvalue weighted by molar-refractivity contribution is 5.47. The number of rotatable bonds is 6. The Hall–Kier alpha value is -2.54. The molecule has 2 aliphatic heterocycles. The summed E-state index contributed by atoms with van der Waals surface area (Å²) in [7, 11) is 1.65. The van der Waals surface area contributed by atoms with Crippen molar-refractivity contribution in [2.24, 2.45) is 5.92 Å². The number of hydrogen-bond donors (Lipinski definition) is 1. The first-order valence-corrected chi connectivity index (χ1v) is 10.4. The summed E-state index contributed by atoms with van der Waals surface area (Å²) >= 11 is 0. The normalized spacial score (nSPS) is 20.2. The maximum Gasteiger partial charge on any atom is 0.257 e. The molecule has 4 heterocycles. The molecule has 0 aliphatic carbocycles. The quantitative estimate of drug-likeness (QED) is 0.799. The van der Waals surface area contributed by atoms with Gasteiger partial charge in [0.2, 0.25) is 5.88 Å². The molecular formula is C22H30N4O3. The van der Waals surface area contributed by atoms with E-state index in [4.69, 9.17) is 19.2 Å². The molecule has 7 heteroatoms. The number of methoxy groups -OCH3 is 1. The van der Waals surface area contributed by atoms with E-state index in [1.165, 1.54) is 12.8 Å². The second-order valence-corrected chi connectivity index (χ2v) is 7.84. The number of aryl methyl sites for hydroxylation is 1. The van der Waals surface area contributed by atoms with Gasteiger partial charge < -0.3 is 19.5 Å². The van der Waals surface area contributed by atoms with E-state index in [2.05, 4.69) is 34.3 Å². The average molecular weight is 399 g/mol. The van der Waals surface area contributed by atoms with Gasteiger partial charge in [0.25, 0.3) is 5.88 Å². The number of likely N-dealkylation sites (tertiary alicyclic amines) is 1. The van der Waals surface area contributed by atoms with Crippen LogP contribution < -0.4 is 19.5 Å². The summed E-state index contributed by atoms with van der Waals surface area (Å²) in [5.41, 5.74) is 3.06. The van der Waals surface area contributed by atoms with Crippen molar-refractivity contribution < 1.29 is 14.2 Å². The van der Waals surface area contributed by atoms with Gasteiger partial charge in [-0.05, 0) is 57.4 Å². The summed E-state index contributed by atoms with van der Waals surface area (Å²) in [4.78, 5) is 11.6. The third kappa shape index (κ3) is 4.72. The summed E-state index contributed by atoms with van der Waals surface area (Å²) in [6.45, 7) is 8.44. The minimum absolute atomic E-state index is 0.247. The summed E-state index contributed by atoms with van der Waals surface area (Å²) in [6, 6.07) is 8.30. The number of anilines is 1. The van der Waals surface area contributed by atoms with Crippen LogP contribution >= 0.6 is 0 Å². The first kappa shape index (κ1) is 19.8. The van der Waals surface area contributed by atoms with Gasteiger partial charge >= 0.3 is 0 Å². The van der Waals surface area contributed by atoms with Gasteiger partial charge in [-0.2, -0.15) is 0 Å². The van der Waals surface area contributed by atoms with Crippen LogP contribution in [0.3, 0.4) is 0 Å². The van der Waals surface area contributed by atoms with E-state index in [-0.39, 0.29) is 6.04 Å². The monoisotopic (exact) mass is 398 g/mol. The molecule has 0 radical (unpaired) electrons. The van der Waals surface area contributed by atoms with Crippen LogP contribution in [-0.2, 0) is 0 Å². The summed E-state index contributed by atoms with van der Waals surface area (Å²) < 4.78 is 16.5. The summed E-state index contributed by atoms with van der Waals surface area (Å²) in [5, 5.41) is 3.57. The van der Waals surface area contributed by atoms with Gasteiger partial charge in [0.1, 0.15) is 13.2 Å². The number of nitrogens with one attached hydrogen (secondary N) is 1. The van der Waals surface area contributed by atoms with E-state index in [1.54, 1.807) is 7.11 Å². The van der Waals surface area contributed by atoms with Crippen molar-refractivity contribution in [1.29, 1.82) is 0 Å². The number of piperidine rings is 1. The summed E-state index contributed by atoms with van der Waals surface area (Å²) in [6.07, 6.45) is 2.42. The largest absolute Gasteiger partial charge is 0.484 e. The van der Waals surface area contributed by atoms with Crippen molar-refractivity contribution in [3.63, 3.8) is 0 Å². The molecule has 0 spiro atoms. The first-order valence-electron chi connectivity index (χ1n) is 10.4. The maximum absolute atomic E-state index is 5.66. The Morgan fingerprint density at radius 3 is 2.97 bits per heavy atom. The van der Waals surface area contributed by atoms with E-state index in [0.29, 0.717) is 30.9 Å². The number of ether oxygens (including phenoxy) is 3. The second kappa shape index (κ2) is 8.86. The molecule has 2 aliphatic rings. The van der Waals surface area contributed by atoms with E-state index in [0.717, 1.165) is 42.5 Å². The predicted octanol–water partition coefficient (Wildman–Crippen LogP) is 3.45. The minimum Gasteiger partial charge on any atom is -0.484 e. The van der Waals surface area contributed by atoms with Crippen LogP contribution in [-0.4, -0.2) is 54.8 Å². The Balaban J connectivity index is 1.37. The van der Waals surface area contributed by atoms with Gasteiger partial charge in [-0.1, -0.05) is 0 Å². The molecule has 0 saturated carbocycles. The second-order valence-electron chi connectivity index (χ2n) is 7.84. The predicted molar refractivity (Wildman–Crippen MR) is 112 cm³/mol. The molecule has 156 valence electrons. The van der Waals surface area contributed by atoms with Crippen LogP contribution in [0, 0.1) is 12.8 Å². The SMILES string of the molecule is COc1cc(NC[C@H]2CCCN(C(C)c3ccc4c(n3)OCCO4)C2)cc(C)n1. The van der Waals surface area contributed by atoms with Gasteiger partial charge in [0.05, 0.1) is 12.8 Å². The van der Waals surface area contributed by atoms with Crippen molar-refractivity contribution in [3.05, 3.63) is 35.7 Å². The van der Waals surface area contributed by atoms with E-state index in [1.807, 2.05) is 19.1 Å². The van der Waals surface area contributed by atoms with Crippen LogP contribution in [0.2, 0.25) is 0 Å². The van der Waals surface area contributed by atoms with Crippen molar-refractivity contribution >= 4 is 5.69 Å². The highest BCUT2D eigenvalue weighted by Gasteiger charge is 2.26. The third-order valence-corrected chi connectivity index (χ3v) is 5.69. The molecule has 1 saturated heterocycles. The molecule has 7 nitrogen and oxygen atoms in total. The number of pyridine rings is 2. The Labute approximate surface area is 172 Å². The van der Waals surface area contributed by atoms with Gasteiger partial charge in [0.15, 0.2) is 5.75 Å². The molecule has 2 aromatic rings. The maximum atomic E-state index is 5.66. The lowest BCUT2D eigenvalue weighted by Gasteiger charge is -2.37. The lowest BCUT2D eigenvalue weighted by Crippen LogP contribution is -2.39. The van der Waals surface area contributed by atoms with Crippen LogP contribution in [0.25, 0.3) is 0 Å². The van der Waals surface area contributed by atoms with E-state index < -0.39 is 0 Å². The Morgan fingerprint density at radius 1 is 1.24 bits per heavy atom. The number of hydrogen-bond acceptors (Lipinski definition) is 7. The minimum atomic E-state index is 0.247. The lowest BCUT2D eigenvalue weighted by molar-refractivity contribution is 0.131. The van der Waals surface area contributed by atoms with Gasteiger partial charge in [-0.15, -0.1) is 0 Å². The summed E-state index contributed by atoms with van der Waals surface area (Å²) in [5.74, 6) is 2.60. The Kier molecular flexibility index (Phi) is 6.04. The molecule has 1 N–H and O–H groups in total. The third-order valence-electron chi connectivity index (χ3n) is 5.69. The van der Waals surface area contributed by atoms with Crippen molar-refractivity contribution in [2.75, 3.05) is 45.3 Å². The van der Waals surface area contributed by atoms with Crippen LogP contribution in [0.4, 0.5) is 5.69 Å². The zero-order valence-corrected chi connectivity index (χ0v) is 17.5. The van der Waals surface area contributed by atoms with Crippen LogP contribution in [0.15, 0.2) is 24.3 Å². The fraction of sp³-hybridized carbons (Fsp3) is 0.545. The zero-order chi connectivity index (χ0) is 20.2. The topological polar surface area (TPSA) is 68.7 Å². The highest BCUT2D eigenvalue weighted by atomic mass is 16.6. The highest BCUT2D eigenvalue weighted by Crippen LogP contribution is 2.32. The molecule has 0 aromatic carbocycles. The standard InChI is InChI=1S/C22H30N4O3/c1-15-11-18(12-21(24-15)27-3)23-13-17-5-4-8-26(14-17)16(2)19-6-7-20-22(25-19)29-10-9-28-20/h6-7,11-12,16-17H,4-5,8-10,13-14H2,1-3H3,(H,23,24)/t16?,17-/m1/s1. The number of aromatic nitrogens is 2. The van der Waals surface area contributed by atoms with E-state index >= 15 is 0 Å². The Bertz CT molecular complexity index is 845. The van der Waals surface area contributed by atoms with Crippen LogP contribution in [0.5, 0.6) is 17.5 Å². The zero-order valence-electron chi connectivity index (χ0n) is 17.5. The van der Waals surface area contributed by atoms with E-state index in [9.17, 15) is 0 Å². The molecule has 2 aromatic heterocycles. The molecule has 0 bridgehead atoms.